The van der Waals surface area contributed by atoms with Gasteiger partial charge in [-0.15, -0.1) is 24.0 Å². The summed E-state index contributed by atoms with van der Waals surface area (Å²) in [5.41, 5.74) is 3.31. The fourth-order valence-corrected chi connectivity index (χ4v) is 2.31. The Labute approximate surface area is 162 Å². The first-order valence-electron chi connectivity index (χ1n) is 8.49. The average Bonchev–Trinajstić information content (AvgIpc) is 2.91. The van der Waals surface area contributed by atoms with Gasteiger partial charge in [0, 0.05) is 37.9 Å². The van der Waals surface area contributed by atoms with Crippen molar-refractivity contribution >= 4 is 35.6 Å². The smallest absolute Gasteiger partial charge is 0.191 e. The van der Waals surface area contributed by atoms with Crippen molar-refractivity contribution in [1.29, 1.82) is 0 Å². The number of hydrogen-bond acceptors (Lipinski definition) is 2. The van der Waals surface area contributed by atoms with E-state index in [4.69, 9.17) is 4.98 Å². The van der Waals surface area contributed by atoms with E-state index in [2.05, 4.69) is 66.9 Å². The van der Waals surface area contributed by atoms with Crippen LogP contribution in [0.25, 0.3) is 5.65 Å². The van der Waals surface area contributed by atoms with Crippen LogP contribution in [0.4, 0.5) is 0 Å². The van der Waals surface area contributed by atoms with E-state index < -0.39 is 0 Å². The van der Waals surface area contributed by atoms with Gasteiger partial charge in [0.2, 0.25) is 0 Å². The lowest BCUT2D eigenvalue weighted by atomic mass is 10.1. The van der Waals surface area contributed by atoms with Gasteiger partial charge in [-0.1, -0.05) is 19.9 Å². The highest BCUT2D eigenvalue weighted by atomic mass is 127. The lowest BCUT2D eigenvalue weighted by Crippen LogP contribution is -2.44. The summed E-state index contributed by atoms with van der Waals surface area (Å²) in [5, 5.41) is 6.76. The molecule has 0 radical (unpaired) electrons. The quantitative estimate of drug-likeness (QED) is 0.409. The monoisotopic (exact) mass is 443 g/mol. The predicted molar refractivity (Wildman–Crippen MR) is 112 cm³/mol. The highest BCUT2D eigenvalue weighted by molar-refractivity contribution is 14.0. The lowest BCUT2D eigenvalue weighted by Gasteiger charge is -2.20. The number of nitrogens with one attached hydrogen (secondary N) is 2. The Bertz CT molecular complexity index is 662. The molecule has 0 aliphatic rings. The maximum Gasteiger partial charge on any atom is 0.191 e. The average molecular weight is 443 g/mol. The van der Waals surface area contributed by atoms with Gasteiger partial charge < -0.3 is 15.0 Å². The number of fused-ring (bicyclic) bond motifs is 1. The normalized spacial score (nSPS) is 13.0. The first kappa shape index (κ1) is 20.7. The number of aromatic nitrogens is 2. The topological polar surface area (TPSA) is 53.7 Å². The second-order valence-corrected chi connectivity index (χ2v) is 6.34. The van der Waals surface area contributed by atoms with Crippen LogP contribution in [0.1, 0.15) is 39.0 Å². The molecule has 2 N–H and O–H groups in total. The molecular formula is C18H30IN5. The maximum atomic E-state index is 4.70. The molecule has 0 aliphatic heterocycles. The van der Waals surface area contributed by atoms with E-state index in [1.165, 1.54) is 5.56 Å². The third-order valence-corrected chi connectivity index (χ3v) is 4.07. The number of rotatable bonds is 6. The first-order valence-corrected chi connectivity index (χ1v) is 8.49. The van der Waals surface area contributed by atoms with E-state index in [0.29, 0.717) is 12.0 Å². The Morgan fingerprint density at radius 3 is 2.71 bits per heavy atom. The van der Waals surface area contributed by atoms with E-state index in [0.717, 1.165) is 36.8 Å². The van der Waals surface area contributed by atoms with E-state index in [9.17, 15) is 0 Å². The SMILES string of the molecule is CCNC(=NCCc1cn2cccc(C)c2n1)NC(C)C(C)C.I. The minimum Gasteiger partial charge on any atom is -0.357 e. The Balaban J connectivity index is 0.00000288. The number of aliphatic imine (C=N–C) groups is 1. The molecule has 0 amide bonds. The van der Waals surface area contributed by atoms with E-state index >= 15 is 0 Å². The highest BCUT2D eigenvalue weighted by Crippen LogP contribution is 2.10. The second-order valence-electron chi connectivity index (χ2n) is 6.34. The Kier molecular flexibility index (Phi) is 8.52. The lowest BCUT2D eigenvalue weighted by molar-refractivity contribution is 0.481. The van der Waals surface area contributed by atoms with Crippen LogP contribution in [0.15, 0.2) is 29.5 Å². The van der Waals surface area contributed by atoms with Crippen LogP contribution in [0.3, 0.4) is 0 Å². The summed E-state index contributed by atoms with van der Waals surface area (Å²) in [4.78, 5) is 9.37. The van der Waals surface area contributed by atoms with Crippen molar-refractivity contribution in [3.05, 3.63) is 35.8 Å². The molecule has 2 aromatic rings. The predicted octanol–water partition coefficient (Wildman–Crippen LogP) is 3.40. The molecular weight excluding hydrogens is 413 g/mol. The number of nitrogens with zero attached hydrogens (tertiary/aromatic N) is 3. The molecule has 0 fully saturated rings. The van der Waals surface area contributed by atoms with Crippen molar-refractivity contribution < 1.29 is 0 Å². The zero-order valence-electron chi connectivity index (χ0n) is 15.3. The minimum atomic E-state index is 0. The molecule has 0 bridgehead atoms. The number of hydrogen-bond donors (Lipinski definition) is 2. The van der Waals surface area contributed by atoms with E-state index in [1.54, 1.807) is 0 Å². The second kappa shape index (κ2) is 9.86. The van der Waals surface area contributed by atoms with Crippen LogP contribution in [0.5, 0.6) is 0 Å². The molecule has 134 valence electrons. The molecule has 1 unspecified atom stereocenters. The van der Waals surface area contributed by atoms with Gasteiger partial charge in [0.25, 0.3) is 0 Å². The van der Waals surface area contributed by atoms with Gasteiger partial charge in [0.05, 0.1) is 5.69 Å². The zero-order valence-corrected chi connectivity index (χ0v) is 17.7. The maximum absolute atomic E-state index is 4.70. The van der Waals surface area contributed by atoms with Crippen molar-refractivity contribution in [2.45, 2.75) is 47.1 Å². The molecule has 0 spiro atoms. The number of aryl methyl sites for hydroxylation is 1. The van der Waals surface area contributed by atoms with Crippen LogP contribution in [-0.4, -0.2) is 34.5 Å². The zero-order chi connectivity index (χ0) is 16.8. The summed E-state index contributed by atoms with van der Waals surface area (Å²) in [5.74, 6) is 1.45. The van der Waals surface area contributed by atoms with Gasteiger partial charge in [-0.05, 0) is 38.3 Å². The number of guanidine groups is 1. The first-order chi connectivity index (χ1) is 11.0. The molecule has 2 aromatic heterocycles. The van der Waals surface area contributed by atoms with Crippen molar-refractivity contribution in [2.75, 3.05) is 13.1 Å². The Morgan fingerprint density at radius 1 is 1.33 bits per heavy atom. The van der Waals surface area contributed by atoms with Crippen LogP contribution in [0.2, 0.25) is 0 Å². The molecule has 1 atom stereocenters. The number of halogens is 1. The van der Waals surface area contributed by atoms with E-state index in [1.807, 2.05) is 12.3 Å². The molecule has 0 aliphatic carbocycles. The van der Waals surface area contributed by atoms with Gasteiger partial charge in [0.15, 0.2) is 5.96 Å². The van der Waals surface area contributed by atoms with Crippen molar-refractivity contribution in [2.24, 2.45) is 10.9 Å². The van der Waals surface area contributed by atoms with Gasteiger partial charge in [-0.2, -0.15) is 0 Å². The Morgan fingerprint density at radius 2 is 2.08 bits per heavy atom. The molecule has 5 nitrogen and oxygen atoms in total. The summed E-state index contributed by atoms with van der Waals surface area (Å²) < 4.78 is 2.08. The molecule has 0 aromatic carbocycles. The highest BCUT2D eigenvalue weighted by Gasteiger charge is 2.09. The van der Waals surface area contributed by atoms with Crippen molar-refractivity contribution in [3.63, 3.8) is 0 Å². The van der Waals surface area contributed by atoms with Crippen LogP contribution in [-0.2, 0) is 6.42 Å². The van der Waals surface area contributed by atoms with Gasteiger partial charge in [0.1, 0.15) is 5.65 Å². The van der Waals surface area contributed by atoms with Crippen LogP contribution < -0.4 is 10.6 Å². The van der Waals surface area contributed by atoms with E-state index in [-0.39, 0.29) is 24.0 Å². The van der Waals surface area contributed by atoms with Gasteiger partial charge >= 0.3 is 0 Å². The van der Waals surface area contributed by atoms with Gasteiger partial charge in [-0.3, -0.25) is 4.99 Å². The standard InChI is InChI=1S/C18H29N5.HI/c1-6-19-18(21-15(5)13(2)3)20-10-9-16-12-23-11-7-8-14(4)17(23)22-16;/h7-8,11-13,15H,6,9-10H2,1-5H3,(H2,19,20,21);1H. The van der Waals surface area contributed by atoms with Crippen LogP contribution >= 0.6 is 24.0 Å². The summed E-state index contributed by atoms with van der Waals surface area (Å²) in [6.45, 7) is 12.4. The van der Waals surface area contributed by atoms with Crippen molar-refractivity contribution in [1.82, 2.24) is 20.0 Å². The molecule has 6 heteroatoms. The third kappa shape index (κ3) is 5.65. The summed E-state index contributed by atoms with van der Waals surface area (Å²) in [6, 6.07) is 4.53. The summed E-state index contributed by atoms with van der Waals surface area (Å²) >= 11 is 0. The number of pyridine rings is 1. The Hall–Kier alpha value is -1.31. The largest absolute Gasteiger partial charge is 0.357 e. The van der Waals surface area contributed by atoms with Crippen molar-refractivity contribution in [3.8, 4) is 0 Å². The number of imidazole rings is 1. The molecule has 2 rings (SSSR count). The van der Waals surface area contributed by atoms with Gasteiger partial charge in [-0.25, -0.2) is 4.98 Å². The summed E-state index contributed by atoms with van der Waals surface area (Å²) in [7, 11) is 0. The third-order valence-electron chi connectivity index (χ3n) is 4.07. The van der Waals surface area contributed by atoms with Crippen LogP contribution in [0, 0.1) is 12.8 Å². The minimum absolute atomic E-state index is 0. The molecule has 2 heterocycles. The molecule has 24 heavy (non-hydrogen) atoms. The fraction of sp³-hybridized carbons (Fsp3) is 0.556. The fourth-order valence-electron chi connectivity index (χ4n) is 2.31. The summed E-state index contributed by atoms with van der Waals surface area (Å²) in [6.07, 6.45) is 4.97. The molecule has 0 saturated carbocycles. The molecule has 0 saturated heterocycles.